The molecule has 2 aromatic rings. The third kappa shape index (κ3) is 4.57. The first-order valence-corrected chi connectivity index (χ1v) is 9.80. The first-order chi connectivity index (χ1) is 14.4. The van der Waals surface area contributed by atoms with Gasteiger partial charge in [0.2, 0.25) is 0 Å². The molecule has 2 aromatic carbocycles. The summed E-state index contributed by atoms with van der Waals surface area (Å²) in [6, 6.07) is 10.7. The van der Waals surface area contributed by atoms with Crippen molar-refractivity contribution in [2.75, 3.05) is 50.1 Å². The standard InChI is InChI=1S/C21H24N4O5/c1-3-23-10-12-24(13-11-23)19-9-8-15(21(27)30-2)14-17(19)22-20(26)16-6-4-5-7-18(16)25(28)29/h4-9,14H,3,10-13H2,1-2H3,(H,22,26)/p+1. The zero-order chi connectivity index (χ0) is 21.7. The SMILES string of the molecule is CC[NH+]1CCN(c2ccc(C(=O)OC)cc2NC(=O)c2ccccc2[N+](=O)[O-])CC1. The van der Waals surface area contributed by atoms with Gasteiger partial charge < -0.3 is 19.9 Å². The molecule has 1 aliphatic heterocycles. The molecule has 0 radical (unpaired) electrons. The molecule has 1 amide bonds. The average Bonchev–Trinajstić information content (AvgIpc) is 2.78. The number of methoxy groups -OCH3 is 1. The van der Waals surface area contributed by atoms with Gasteiger partial charge in [-0.25, -0.2) is 4.79 Å². The Kier molecular flexibility index (Phi) is 6.63. The Bertz CT molecular complexity index is 954. The summed E-state index contributed by atoms with van der Waals surface area (Å²) in [5, 5.41) is 14.1. The van der Waals surface area contributed by atoms with Crippen molar-refractivity contribution in [1.29, 1.82) is 0 Å². The minimum Gasteiger partial charge on any atom is -0.465 e. The van der Waals surface area contributed by atoms with Crippen LogP contribution in [-0.2, 0) is 4.74 Å². The van der Waals surface area contributed by atoms with Gasteiger partial charge in [0.1, 0.15) is 5.56 Å². The van der Waals surface area contributed by atoms with Crippen LogP contribution in [0.3, 0.4) is 0 Å². The maximum absolute atomic E-state index is 12.9. The number of nitrogens with zero attached hydrogens (tertiary/aromatic N) is 2. The van der Waals surface area contributed by atoms with Crippen LogP contribution < -0.4 is 15.1 Å². The number of benzene rings is 2. The van der Waals surface area contributed by atoms with Gasteiger partial charge in [-0.05, 0) is 31.2 Å². The van der Waals surface area contributed by atoms with Gasteiger partial charge in [0.25, 0.3) is 11.6 Å². The number of nitro benzene ring substituents is 1. The highest BCUT2D eigenvalue weighted by atomic mass is 16.6. The number of hydrogen-bond donors (Lipinski definition) is 2. The van der Waals surface area contributed by atoms with Crippen LogP contribution in [0.15, 0.2) is 42.5 Å². The fraction of sp³-hybridized carbons (Fsp3) is 0.333. The summed E-state index contributed by atoms with van der Waals surface area (Å²) in [7, 11) is 1.29. The molecule has 9 nitrogen and oxygen atoms in total. The Hall–Kier alpha value is -3.46. The number of carbonyl (C=O) groups is 2. The summed E-state index contributed by atoms with van der Waals surface area (Å²) in [5.74, 6) is -1.13. The predicted molar refractivity (Wildman–Crippen MR) is 112 cm³/mol. The average molecular weight is 413 g/mol. The molecule has 0 unspecified atom stereocenters. The van der Waals surface area contributed by atoms with Gasteiger partial charge in [0, 0.05) is 6.07 Å². The number of piperazine rings is 1. The van der Waals surface area contributed by atoms with E-state index in [2.05, 4.69) is 17.1 Å². The number of quaternary nitrogens is 1. The largest absolute Gasteiger partial charge is 0.465 e. The number of nitrogens with one attached hydrogen (secondary N) is 2. The Morgan fingerprint density at radius 3 is 2.53 bits per heavy atom. The number of hydrogen-bond acceptors (Lipinski definition) is 6. The van der Waals surface area contributed by atoms with Crippen molar-refractivity contribution in [3.63, 3.8) is 0 Å². The van der Waals surface area contributed by atoms with Crippen LogP contribution in [0.5, 0.6) is 0 Å². The lowest BCUT2D eigenvalue weighted by molar-refractivity contribution is -0.898. The smallest absolute Gasteiger partial charge is 0.337 e. The summed E-state index contributed by atoms with van der Waals surface area (Å²) in [6.45, 7) is 6.73. The van der Waals surface area contributed by atoms with E-state index in [-0.39, 0.29) is 16.8 Å². The molecule has 0 atom stereocenters. The molecule has 0 saturated carbocycles. The van der Waals surface area contributed by atoms with Crippen LogP contribution in [0, 0.1) is 10.1 Å². The van der Waals surface area contributed by atoms with E-state index in [0.29, 0.717) is 5.69 Å². The topological polar surface area (TPSA) is 106 Å². The Balaban J connectivity index is 1.94. The maximum Gasteiger partial charge on any atom is 0.337 e. The lowest BCUT2D eigenvalue weighted by Gasteiger charge is -2.34. The zero-order valence-corrected chi connectivity index (χ0v) is 17.0. The minimum absolute atomic E-state index is 0.0443. The third-order valence-corrected chi connectivity index (χ3v) is 5.32. The van der Waals surface area contributed by atoms with Crippen LogP contribution in [0.1, 0.15) is 27.6 Å². The van der Waals surface area contributed by atoms with Crippen molar-refractivity contribution >= 4 is 28.9 Å². The van der Waals surface area contributed by atoms with E-state index in [1.54, 1.807) is 24.3 Å². The number of anilines is 2. The van der Waals surface area contributed by atoms with Gasteiger partial charge in [-0.1, -0.05) is 12.1 Å². The normalized spacial score (nSPS) is 14.3. The third-order valence-electron chi connectivity index (χ3n) is 5.32. The second-order valence-electron chi connectivity index (χ2n) is 7.04. The summed E-state index contributed by atoms with van der Waals surface area (Å²) in [4.78, 5) is 39.2. The summed E-state index contributed by atoms with van der Waals surface area (Å²) in [5.41, 5.74) is 1.15. The number of ether oxygens (including phenoxy) is 1. The molecule has 0 bridgehead atoms. The number of para-hydroxylation sites is 1. The number of nitro groups is 1. The highest BCUT2D eigenvalue weighted by Gasteiger charge is 2.24. The van der Waals surface area contributed by atoms with Crippen molar-refractivity contribution in [3.8, 4) is 0 Å². The van der Waals surface area contributed by atoms with Gasteiger partial charge in [-0.3, -0.25) is 14.9 Å². The van der Waals surface area contributed by atoms with E-state index < -0.39 is 16.8 Å². The molecule has 1 heterocycles. The molecule has 0 spiro atoms. The van der Waals surface area contributed by atoms with Crippen LogP contribution >= 0.6 is 0 Å². The van der Waals surface area contributed by atoms with Crippen molar-refractivity contribution in [1.82, 2.24) is 0 Å². The van der Waals surface area contributed by atoms with Gasteiger partial charge >= 0.3 is 5.97 Å². The zero-order valence-electron chi connectivity index (χ0n) is 17.0. The van der Waals surface area contributed by atoms with Gasteiger partial charge in [-0.15, -0.1) is 0 Å². The van der Waals surface area contributed by atoms with Crippen LogP contribution in [0.25, 0.3) is 0 Å². The number of likely N-dealkylation sites (N-methyl/N-ethyl adjacent to an activating group) is 1. The molecule has 1 fully saturated rings. The van der Waals surface area contributed by atoms with Crippen molar-refractivity contribution in [2.24, 2.45) is 0 Å². The molecular weight excluding hydrogens is 388 g/mol. The first-order valence-electron chi connectivity index (χ1n) is 9.80. The second kappa shape index (κ2) is 9.36. The van der Waals surface area contributed by atoms with E-state index >= 15 is 0 Å². The van der Waals surface area contributed by atoms with Gasteiger partial charge in [-0.2, -0.15) is 0 Å². The van der Waals surface area contributed by atoms with Crippen molar-refractivity contribution < 1.29 is 24.1 Å². The highest BCUT2D eigenvalue weighted by Crippen LogP contribution is 2.29. The van der Waals surface area contributed by atoms with Crippen molar-refractivity contribution in [3.05, 3.63) is 63.7 Å². The van der Waals surface area contributed by atoms with Gasteiger partial charge in [0.05, 0.1) is 61.7 Å². The lowest BCUT2D eigenvalue weighted by atomic mass is 10.1. The second-order valence-corrected chi connectivity index (χ2v) is 7.04. The molecule has 0 aliphatic carbocycles. The Morgan fingerprint density at radius 2 is 1.90 bits per heavy atom. The van der Waals surface area contributed by atoms with E-state index in [9.17, 15) is 19.7 Å². The number of esters is 1. The monoisotopic (exact) mass is 413 g/mol. The Morgan fingerprint density at radius 1 is 1.20 bits per heavy atom. The molecule has 3 rings (SSSR count). The molecule has 30 heavy (non-hydrogen) atoms. The lowest BCUT2D eigenvalue weighted by Crippen LogP contribution is -3.14. The van der Waals surface area contributed by atoms with E-state index in [1.165, 1.54) is 30.2 Å². The molecule has 1 saturated heterocycles. The predicted octanol–water partition coefficient (Wildman–Crippen LogP) is 1.36. The van der Waals surface area contributed by atoms with E-state index in [1.807, 2.05) is 0 Å². The van der Waals surface area contributed by atoms with Crippen molar-refractivity contribution in [2.45, 2.75) is 6.92 Å². The maximum atomic E-state index is 12.9. The van der Waals surface area contributed by atoms with Gasteiger partial charge in [0.15, 0.2) is 0 Å². The molecule has 9 heteroatoms. The Labute approximate surface area is 174 Å². The fourth-order valence-electron chi connectivity index (χ4n) is 3.59. The fourth-order valence-corrected chi connectivity index (χ4v) is 3.59. The van der Waals surface area contributed by atoms with Crippen LogP contribution in [0.2, 0.25) is 0 Å². The number of rotatable bonds is 6. The summed E-state index contributed by atoms with van der Waals surface area (Å²) < 4.78 is 4.79. The van der Waals surface area contributed by atoms with Crippen LogP contribution in [0.4, 0.5) is 17.1 Å². The molecule has 0 aromatic heterocycles. The molecule has 1 aliphatic rings. The quantitative estimate of drug-likeness (QED) is 0.421. The molecular formula is C21H25N4O5+. The highest BCUT2D eigenvalue weighted by molar-refractivity contribution is 6.09. The molecule has 2 N–H and O–H groups in total. The van der Waals surface area contributed by atoms with E-state index in [4.69, 9.17) is 4.74 Å². The molecule has 158 valence electrons. The minimum atomic E-state index is -0.608. The van der Waals surface area contributed by atoms with Crippen LogP contribution in [-0.4, -0.2) is 56.6 Å². The summed E-state index contributed by atoms with van der Waals surface area (Å²) in [6.07, 6.45) is 0. The first kappa shape index (κ1) is 21.3. The number of carbonyl (C=O) groups excluding carboxylic acids is 2. The number of amides is 1. The van der Waals surface area contributed by atoms with E-state index in [0.717, 1.165) is 38.4 Å². The summed E-state index contributed by atoms with van der Waals surface area (Å²) >= 11 is 0.